The van der Waals surface area contributed by atoms with E-state index >= 15 is 0 Å². The van der Waals surface area contributed by atoms with Crippen LogP contribution < -0.4 is 16.0 Å². The number of hydrogen-bond donors (Lipinski definition) is 3. The van der Waals surface area contributed by atoms with Gasteiger partial charge in [-0.3, -0.25) is 4.79 Å². The number of carbonyl (C=O) groups excluding carboxylic acids is 1. The Morgan fingerprint density at radius 1 is 1.06 bits per heavy atom. The maximum Gasteiger partial charge on any atom is 0.251 e. The lowest BCUT2D eigenvalue weighted by Gasteiger charge is -2.23. The number of hydrogen-bond acceptors (Lipinski definition) is 5. The van der Waals surface area contributed by atoms with Crippen molar-refractivity contribution in [2.24, 2.45) is 0 Å². The van der Waals surface area contributed by atoms with Gasteiger partial charge in [-0.1, -0.05) is 31.4 Å². The number of aryl methyl sites for hydroxylation is 1. The van der Waals surface area contributed by atoms with E-state index in [1.807, 2.05) is 42.9 Å². The molecule has 7 heteroatoms. The fourth-order valence-corrected chi connectivity index (χ4v) is 4.45. The van der Waals surface area contributed by atoms with Crippen molar-refractivity contribution in [1.82, 2.24) is 19.9 Å². The van der Waals surface area contributed by atoms with Crippen molar-refractivity contribution in [2.45, 2.75) is 64.0 Å². The van der Waals surface area contributed by atoms with Gasteiger partial charge in [0, 0.05) is 36.3 Å². The second kappa shape index (κ2) is 8.21. The molecule has 2 fully saturated rings. The van der Waals surface area contributed by atoms with E-state index in [0.29, 0.717) is 12.1 Å². The van der Waals surface area contributed by atoms with Gasteiger partial charge in [0.15, 0.2) is 5.65 Å². The Morgan fingerprint density at radius 3 is 2.58 bits per heavy atom. The highest BCUT2D eigenvalue weighted by Gasteiger charge is 2.24. The quantitative estimate of drug-likeness (QED) is 0.553. The summed E-state index contributed by atoms with van der Waals surface area (Å²) in [6.07, 6.45) is 10.3. The zero-order chi connectivity index (χ0) is 21.4. The van der Waals surface area contributed by atoms with Crippen LogP contribution >= 0.6 is 0 Å². The molecule has 7 nitrogen and oxygen atoms in total. The van der Waals surface area contributed by atoms with E-state index in [-0.39, 0.29) is 5.91 Å². The van der Waals surface area contributed by atoms with Crippen molar-refractivity contribution in [3.63, 3.8) is 0 Å². The molecule has 0 aliphatic heterocycles. The molecule has 1 aromatic carbocycles. The number of amides is 1. The van der Waals surface area contributed by atoms with Gasteiger partial charge in [-0.2, -0.15) is 9.61 Å². The maximum absolute atomic E-state index is 12.5. The Bertz CT molecular complexity index is 1110. The Labute approximate surface area is 182 Å². The number of nitrogens with zero attached hydrogens (tertiary/aromatic N) is 3. The lowest BCUT2D eigenvalue weighted by Crippen LogP contribution is -2.26. The monoisotopic (exact) mass is 418 g/mol. The summed E-state index contributed by atoms with van der Waals surface area (Å²) in [6.45, 7) is 1.99. The molecular formula is C24H30N6O. The molecule has 2 aromatic heterocycles. The van der Waals surface area contributed by atoms with Gasteiger partial charge in [0.1, 0.15) is 11.6 Å². The molecule has 2 saturated carbocycles. The number of fused-ring (bicyclic) bond motifs is 1. The predicted molar refractivity (Wildman–Crippen MR) is 124 cm³/mol. The predicted octanol–water partition coefficient (Wildman–Crippen LogP) is 4.38. The fraction of sp³-hybridized carbons (Fsp3) is 0.458. The molecule has 2 aliphatic carbocycles. The van der Waals surface area contributed by atoms with Gasteiger partial charge in [-0.15, -0.1) is 0 Å². The van der Waals surface area contributed by atoms with E-state index in [1.165, 1.54) is 32.1 Å². The molecule has 3 aromatic rings. The van der Waals surface area contributed by atoms with Gasteiger partial charge in [0.2, 0.25) is 0 Å². The number of carbonyl (C=O) groups is 1. The first-order chi connectivity index (χ1) is 15.1. The van der Waals surface area contributed by atoms with Crippen LogP contribution in [0.4, 0.5) is 11.6 Å². The number of nitrogens with one attached hydrogen (secondary N) is 3. The number of anilines is 2. The zero-order valence-electron chi connectivity index (χ0n) is 18.2. The lowest BCUT2D eigenvalue weighted by molar-refractivity contribution is 0.0950. The molecule has 5 rings (SSSR count). The number of aromatic nitrogens is 3. The summed E-state index contributed by atoms with van der Waals surface area (Å²) in [5.74, 6) is 1.79. The minimum Gasteiger partial charge on any atom is -0.373 e. The normalized spacial score (nSPS) is 17.0. The van der Waals surface area contributed by atoms with Crippen LogP contribution in [0.1, 0.15) is 60.9 Å². The molecule has 0 spiro atoms. The van der Waals surface area contributed by atoms with E-state index in [0.717, 1.165) is 52.4 Å². The summed E-state index contributed by atoms with van der Waals surface area (Å²) in [6, 6.07) is 8.81. The van der Waals surface area contributed by atoms with Gasteiger partial charge in [-0.25, -0.2) is 4.98 Å². The second-order valence-electron chi connectivity index (χ2n) is 8.83. The van der Waals surface area contributed by atoms with Crippen LogP contribution in [-0.2, 0) is 0 Å². The Kier molecular flexibility index (Phi) is 5.26. The molecule has 0 saturated heterocycles. The first kappa shape index (κ1) is 19.8. The van der Waals surface area contributed by atoms with Crippen LogP contribution in [0.15, 0.2) is 30.5 Å². The average molecular weight is 419 g/mol. The minimum atomic E-state index is 0.0148. The van der Waals surface area contributed by atoms with E-state index in [4.69, 9.17) is 4.98 Å². The third-order valence-corrected chi connectivity index (χ3v) is 6.38. The summed E-state index contributed by atoms with van der Waals surface area (Å²) >= 11 is 0. The van der Waals surface area contributed by atoms with Gasteiger partial charge < -0.3 is 16.0 Å². The standard InChI is InChI=1S/C24H30N6O/c1-15-12-16(8-11-19(15)24(31)28-18-9-10-18)20-14-26-30-22(25-2)13-21(29-23(20)30)27-17-6-4-3-5-7-17/h8,11-14,17-18,25H,3-7,9-10H2,1-2H3,(H,27,29)(H,28,31). The van der Waals surface area contributed by atoms with Gasteiger partial charge in [0.25, 0.3) is 5.91 Å². The van der Waals surface area contributed by atoms with Crippen LogP contribution in [0.2, 0.25) is 0 Å². The van der Waals surface area contributed by atoms with Crippen molar-refractivity contribution in [1.29, 1.82) is 0 Å². The van der Waals surface area contributed by atoms with Crippen molar-refractivity contribution in [2.75, 3.05) is 17.7 Å². The van der Waals surface area contributed by atoms with Crippen molar-refractivity contribution >= 4 is 23.2 Å². The molecule has 162 valence electrons. The topological polar surface area (TPSA) is 83.3 Å². The van der Waals surface area contributed by atoms with E-state index in [1.54, 1.807) is 0 Å². The lowest BCUT2D eigenvalue weighted by atomic mass is 9.95. The average Bonchev–Trinajstić information content (AvgIpc) is 3.49. The van der Waals surface area contributed by atoms with Crippen LogP contribution in [0.3, 0.4) is 0 Å². The third kappa shape index (κ3) is 4.09. The van der Waals surface area contributed by atoms with Crippen LogP contribution in [0.25, 0.3) is 16.8 Å². The molecule has 0 atom stereocenters. The molecule has 0 unspecified atom stereocenters. The van der Waals surface area contributed by atoms with Crippen molar-refractivity contribution in [3.8, 4) is 11.1 Å². The van der Waals surface area contributed by atoms with Crippen molar-refractivity contribution in [3.05, 3.63) is 41.6 Å². The summed E-state index contributed by atoms with van der Waals surface area (Å²) in [5.41, 5.74) is 4.47. The molecule has 0 radical (unpaired) electrons. The largest absolute Gasteiger partial charge is 0.373 e. The highest BCUT2D eigenvalue weighted by molar-refractivity contribution is 5.97. The smallest absolute Gasteiger partial charge is 0.251 e. The van der Waals surface area contributed by atoms with Crippen LogP contribution in [0, 0.1) is 6.92 Å². The van der Waals surface area contributed by atoms with Gasteiger partial charge in [-0.05, 0) is 49.8 Å². The van der Waals surface area contributed by atoms with Gasteiger partial charge >= 0.3 is 0 Å². The van der Waals surface area contributed by atoms with Crippen LogP contribution in [0.5, 0.6) is 0 Å². The minimum absolute atomic E-state index is 0.0148. The van der Waals surface area contributed by atoms with Gasteiger partial charge in [0.05, 0.1) is 6.20 Å². The summed E-state index contributed by atoms with van der Waals surface area (Å²) in [7, 11) is 1.90. The molecule has 2 aliphatic rings. The van der Waals surface area contributed by atoms with Crippen molar-refractivity contribution < 1.29 is 4.79 Å². The molecule has 0 bridgehead atoms. The Morgan fingerprint density at radius 2 is 1.87 bits per heavy atom. The number of benzene rings is 1. The molecular weight excluding hydrogens is 388 g/mol. The SMILES string of the molecule is CNc1cc(NC2CCCCC2)nc2c(-c3ccc(C(=O)NC4CC4)c(C)c3)cnn12. The molecule has 31 heavy (non-hydrogen) atoms. The first-order valence-electron chi connectivity index (χ1n) is 11.4. The van der Waals surface area contributed by atoms with E-state index in [2.05, 4.69) is 27.1 Å². The molecule has 1 amide bonds. The third-order valence-electron chi connectivity index (χ3n) is 6.38. The van der Waals surface area contributed by atoms with E-state index < -0.39 is 0 Å². The summed E-state index contributed by atoms with van der Waals surface area (Å²) in [5, 5.41) is 14.5. The summed E-state index contributed by atoms with van der Waals surface area (Å²) < 4.78 is 1.84. The molecule has 2 heterocycles. The van der Waals surface area contributed by atoms with Crippen LogP contribution in [-0.4, -0.2) is 39.6 Å². The highest BCUT2D eigenvalue weighted by Crippen LogP contribution is 2.30. The van der Waals surface area contributed by atoms with E-state index in [9.17, 15) is 4.79 Å². The second-order valence-corrected chi connectivity index (χ2v) is 8.83. The maximum atomic E-state index is 12.5. The summed E-state index contributed by atoms with van der Waals surface area (Å²) in [4.78, 5) is 17.4. The zero-order valence-corrected chi connectivity index (χ0v) is 18.2. The number of rotatable bonds is 6. The Balaban J connectivity index is 1.48. The first-order valence-corrected chi connectivity index (χ1v) is 11.4. The fourth-order valence-electron chi connectivity index (χ4n) is 4.45. The highest BCUT2D eigenvalue weighted by atomic mass is 16.1. The Hall–Kier alpha value is -3.09. The molecule has 3 N–H and O–H groups in total.